The summed E-state index contributed by atoms with van der Waals surface area (Å²) in [5.74, 6) is -0.481. The van der Waals surface area contributed by atoms with Crippen LogP contribution in [0.3, 0.4) is 0 Å². The van der Waals surface area contributed by atoms with Crippen molar-refractivity contribution in [2.45, 2.75) is 13.3 Å². The molecule has 0 atom stereocenters. The van der Waals surface area contributed by atoms with Crippen LogP contribution in [0.25, 0.3) is 0 Å². The van der Waals surface area contributed by atoms with Crippen LogP contribution in [0.4, 0.5) is 5.69 Å². The minimum Gasteiger partial charge on any atom is -0.351 e. The first-order valence-corrected chi connectivity index (χ1v) is 7.62. The lowest BCUT2D eigenvalue weighted by Gasteiger charge is -2.08. The Hall–Kier alpha value is -2.11. The second-order valence-electron chi connectivity index (χ2n) is 4.97. The first-order valence-electron chi connectivity index (χ1n) is 6.86. The second kappa shape index (κ2) is 7.44. The van der Waals surface area contributed by atoms with E-state index in [-0.39, 0.29) is 11.3 Å². The van der Waals surface area contributed by atoms with Crippen LogP contribution in [-0.4, -0.2) is 17.4 Å². The summed E-state index contributed by atoms with van der Waals surface area (Å²) in [7, 11) is 0. The number of aryl methyl sites for hydroxylation is 1. The van der Waals surface area contributed by atoms with Crippen molar-refractivity contribution in [2.75, 3.05) is 6.54 Å². The molecule has 0 heterocycles. The van der Waals surface area contributed by atoms with Gasteiger partial charge in [-0.25, -0.2) is 0 Å². The molecule has 120 valence electrons. The van der Waals surface area contributed by atoms with Crippen molar-refractivity contribution in [1.82, 2.24) is 5.32 Å². The third-order valence-corrected chi connectivity index (χ3v) is 3.95. The van der Waals surface area contributed by atoms with Crippen LogP contribution in [0.5, 0.6) is 0 Å². The van der Waals surface area contributed by atoms with Crippen molar-refractivity contribution in [1.29, 1.82) is 0 Å². The summed E-state index contributed by atoms with van der Waals surface area (Å²) in [6, 6.07) is 9.79. The van der Waals surface area contributed by atoms with E-state index in [2.05, 4.69) is 5.32 Å². The van der Waals surface area contributed by atoms with E-state index in [1.165, 1.54) is 6.07 Å². The molecule has 1 amide bonds. The van der Waals surface area contributed by atoms with Gasteiger partial charge in [-0.2, -0.15) is 0 Å². The third-order valence-electron chi connectivity index (χ3n) is 3.36. The van der Waals surface area contributed by atoms with Gasteiger partial charge in [-0.3, -0.25) is 14.9 Å². The fraction of sp³-hybridized carbons (Fsp3) is 0.188. The Balaban J connectivity index is 2.06. The van der Waals surface area contributed by atoms with Crippen molar-refractivity contribution < 1.29 is 9.72 Å². The zero-order chi connectivity index (χ0) is 17.0. The number of hydrogen-bond acceptors (Lipinski definition) is 3. The van der Waals surface area contributed by atoms with Crippen molar-refractivity contribution in [2.24, 2.45) is 0 Å². The molecule has 1 N–H and O–H groups in total. The van der Waals surface area contributed by atoms with Gasteiger partial charge in [0.25, 0.3) is 11.6 Å². The highest BCUT2D eigenvalue weighted by atomic mass is 35.5. The maximum Gasteiger partial charge on any atom is 0.285 e. The molecule has 0 fully saturated rings. The summed E-state index contributed by atoms with van der Waals surface area (Å²) in [5.41, 5.74) is 1.17. The van der Waals surface area contributed by atoms with Crippen molar-refractivity contribution in [3.8, 4) is 0 Å². The number of nitrogens with zero attached hydrogens (tertiary/aromatic N) is 1. The molecule has 0 aliphatic rings. The lowest BCUT2D eigenvalue weighted by atomic mass is 10.1. The fourth-order valence-electron chi connectivity index (χ4n) is 2.21. The van der Waals surface area contributed by atoms with E-state index in [0.717, 1.165) is 5.56 Å². The average molecular weight is 353 g/mol. The first kappa shape index (κ1) is 17.2. The Bertz CT molecular complexity index is 763. The highest BCUT2D eigenvalue weighted by Gasteiger charge is 2.21. The lowest BCUT2D eigenvalue weighted by molar-refractivity contribution is -0.385. The molecule has 0 aliphatic heterocycles. The molecule has 0 spiro atoms. The van der Waals surface area contributed by atoms with Crippen LogP contribution in [0.1, 0.15) is 21.5 Å². The Morgan fingerprint density at radius 1 is 1.26 bits per heavy atom. The molecule has 2 aromatic carbocycles. The Labute approximate surface area is 143 Å². The first-order chi connectivity index (χ1) is 10.9. The Morgan fingerprint density at radius 2 is 2.00 bits per heavy atom. The molecule has 5 nitrogen and oxygen atoms in total. The molecule has 0 aliphatic carbocycles. The van der Waals surface area contributed by atoms with Crippen LogP contribution in [-0.2, 0) is 6.42 Å². The summed E-state index contributed by atoms with van der Waals surface area (Å²) in [4.78, 5) is 22.8. The zero-order valence-corrected chi connectivity index (χ0v) is 13.8. The van der Waals surface area contributed by atoms with E-state index in [1.54, 1.807) is 37.3 Å². The minimum absolute atomic E-state index is 0.0530. The maximum absolute atomic E-state index is 12.2. The number of rotatable bonds is 5. The summed E-state index contributed by atoms with van der Waals surface area (Å²) in [5, 5.41) is 14.9. The third kappa shape index (κ3) is 4.21. The zero-order valence-electron chi connectivity index (χ0n) is 12.3. The SMILES string of the molecule is Cc1cccc(C(=O)NCCc2ccc(Cl)cc2Cl)c1[N+](=O)[O-]. The van der Waals surface area contributed by atoms with Gasteiger partial charge < -0.3 is 5.32 Å². The fourth-order valence-corrected chi connectivity index (χ4v) is 2.72. The van der Waals surface area contributed by atoms with Gasteiger partial charge in [0.1, 0.15) is 5.56 Å². The van der Waals surface area contributed by atoms with E-state index < -0.39 is 10.8 Å². The van der Waals surface area contributed by atoms with E-state index in [9.17, 15) is 14.9 Å². The largest absolute Gasteiger partial charge is 0.351 e. The van der Waals surface area contributed by atoms with E-state index in [1.807, 2.05) is 0 Å². The normalized spacial score (nSPS) is 10.4. The Morgan fingerprint density at radius 3 is 2.65 bits per heavy atom. The van der Waals surface area contributed by atoms with Crippen molar-refractivity contribution in [3.63, 3.8) is 0 Å². The standard InChI is InChI=1S/C16H14Cl2N2O3/c1-10-3-2-4-13(15(10)20(22)23)16(21)19-8-7-11-5-6-12(17)9-14(11)18/h2-6,9H,7-8H2,1H3,(H,19,21). The summed E-state index contributed by atoms with van der Waals surface area (Å²) in [6.45, 7) is 1.91. The number of nitro groups is 1. The molecule has 0 unspecified atom stereocenters. The molecule has 23 heavy (non-hydrogen) atoms. The molecular formula is C16H14Cl2N2O3. The van der Waals surface area contributed by atoms with E-state index in [0.29, 0.717) is 28.6 Å². The van der Waals surface area contributed by atoms with Crippen LogP contribution >= 0.6 is 23.2 Å². The predicted molar refractivity (Wildman–Crippen MR) is 90.3 cm³/mol. The van der Waals surface area contributed by atoms with Gasteiger partial charge in [0.15, 0.2) is 0 Å². The van der Waals surface area contributed by atoms with Crippen LogP contribution in [0.15, 0.2) is 36.4 Å². The van der Waals surface area contributed by atoms with Crippen molar-refractivity contribution >= 4 is 34.8 Å². The number of para-hydroxylation sites is 1. The number of benzene rings is 2. The molecule has 2 rings (SSSR count). The number of halogens is 2. The van der Waals surface area contributed by atoms with Gasteiger partial charge in [-0.05, 0) is 37.1 Å². The number of hydrogen-bond donors (Lipinski definition) is 1. The predicted octanol–water partition coefficient (Wildman–Crippen LogP) is 4.18. The molecule has 0 saturated carbocycles. The quantitative estimate of drug-likeness (QED) is 0.647. The number of carbonyl (C=O) groups excluding carboxylic acids is 1. The van der Waals surface area contributed by atoms with Gasteiger partial charge in [0.2, 0.25) is 0 Å². The molecule has 0 saturated heterocycles. The van der Waals surface area contributed by atoms with Gasteiger partial charge in [0.05, 0.1) is 4.92 Å². The number of carbonyl (C=O) groups is 1. The molecular weight excluding hydrogens is 339 g/mol. The molecule has 0 radical (unpaired) electrons. The maximum atomic E-state index is 12.2. The van der Waals surface area contributed by atoms with E-state index in [4.69, 9.17) is 23.2 Å². The van der Waals surface area contributed by atoms with E-state index >= 15 is 0 Å². The second-order valence-corrected chi connectivity index (χ2v) is 5.81. The number of amides is 1. The number of nitro benzene ring substituents is 1. The summed E-state index contributed by atoms with van der Waals surface area (Å²) < 4.78 is 0. The smallest absolute Gasteiger partial charge is 0.285 e. The van der Waals surface area contributed by atoms with Crippen molar-refractivity contribution in [3.05, 3.63) is 73.2 Å². The Kier molecular flexibility index (Phi) is 5.58. The van der Waals surface area contributed by atoms with Crippen LogP contribution < -0.4 is 5.32 Å². The summed E-state index contributed by atoms with van der Waals surface area (Å²) >= 11 is 11.9. The highest BCUT2D eigenvalue weighted by molar-refractivity contribution is 6.35. The molecule has 2 aromatic rings. The molecule has 0 aromatic heterocycles. The molecule has 0 bridgehead atoms. The highest BCUT2D eigenvalue weighted by Crippen LogP contribution is 2.23. The number of nitrogens with one attached hydrogen (secondary N) is 1. The molecule has 7 heteroatoms. The van der Waals surface area contributed by atoms with Gasteiger partial charge in [-0.15, -0.1) is 0 Å². The van der Waals surface area contributed by atoms with Gasteiger partial charge in [0, 0.05) is 22.2 Å². The van der Waals surface area contributed by atoms with Crippen LogP contribution in [0, 0.1) is 17.0 Å². The lowest BCUT2D eigenvalue weighted by Crippen LogP contribution is -2.26. The van der Waals surface area contributed by atoms with Crippen LogP contribution in [0.2, 0.25) is 10.0 Å². The summed E-state index contributed by atoms with van der Waals surface area (Å²) in [6.07, 6.45) is 0.501. The minimum atomic E-state index is -0.541. The topological polar surface area (TPSA) is 72.2 Å². The average Bonchev–Trinajstić information content (AvgIpc) is 2.48. The monoisotopic (exact) mass is 352 g/mol. The van der Waals surface area contributed by atoms with Gasteiger partial charge >= 0.3 is 0 Å². The van der Waals surface area contributed by atoms with Gasteiger partial charge in [-0.1, -0.05) is 41.4 Å².